The van der Waals surface area contributed by atoms with E-state index in [-0.39, 0.29) is 5.92 Å². The average Bonchev–Trinajstić information content (AvgIpc) is 2.32. The Morgan fingerprint density at radius 3 is 2.41 bits per heavy atom. The molecule has 17 heavy (non-hydrogen) atoms. The molecule has 3 heteroatoms. The molecule has 0 aromatic carbocycles. The van der Waals surface area contributed by atoms with Gasteiger partial charge in [-0.2, -0.15) is 0 Å². The molecule has 0 unspecified atom stereocenters. The summed E-state index contributed by atoms with van der Waals surface area (Å²) in [6.07, 6.45) is 6.37. The minimum absolute atomic E-state index is 0.218. The maximum absolute atomic E-state index is 12.1. The molecule has 0 amide bonds. The number of nitrogens with zero attached hydrogens (tertiary/aromatic N) is 1. The van der Waals surface area contributed by atoms with Crippen molar-refractivity contribution in [2.24, 2.45) is 5.92 Å². The van der Waals surface area contributed by atoms with E-state index in [4.69, 9.17) is 0 Å². The molecule has 1 aromatic heterocycles. The Morgan fingerprint density at radius 1 is 1.29 bits per heavy atom. The topological polar surface area (TPSA) is 30.0 Å². The van der Waals surface area contributed by atoms with Gasteiger partial charge in [0.25, 0.3) is 0 Å². The van der Waals surface area contributed by atoms with Crippen molar-refractivity contribution in [1.29, 1.82) is 0 Å². The van der Waals surface area contributed by atoms with E-state index in [0.29, 0.717) is 12.2 Å². The first-order chi connectivity index (χ1) is 8.17. The van der Waals surface area contributed by atoms with Gasteiger partial charge in [0.1, 0.15) is 5.78 Å². The molecule has 0 radical (unpaired) electrons. The Balaban J connectivity index is 2.59. The molecule has 94 valence electrons. The number of hydrogen-bond donors (Lipinski definition) is 0. The zero-order valence-corrected chi connectivity index (χ0v) is 12.2. The van der Waals surface area contributed by atoms with Gasteiger partial charge in [-0.05, 0) is 40.9 Å². The minimum atomic E-state index is 0.218. The van der Waals surface area contributed by atoms with Gasteiger partial charge >= 0.3 is 0 Å². The number of carbonyl (C=O) groups is 1. The van der Waals surface area contributed by atoms with Crippen LogP contribution in [0.3, 0.4) is 0 Å². The van der Waals surface area contributed by atoms with Crippen LogP contribution in [-0.4, -0.2) is 10.8 Å². The summed E-state index contributed by atoms with van der Waals surface area (Å²) in [5.41, 5.74) is 0.871. The molecule has 1 rings (SSSR count). The molecular formula is C14H20BrNO. The van der Waals surface area contributed by atoms with Crippen LogP contribution < -0.4 is 0 Å². The number of pyridine rings is 1. The van der Waals surface area contributed by atoms with Gasteiger partial charge in [-0.25, -0.2) is 0 Å². The van der Waals surface area contributed by atoms with Gasteiger partial charge in [0, 0.05) is 28.7 Å². The summed E-state index contributed by atoms with van der Waals surface area (Å²) in [6.45, 7) is 4.27. The number of aromatic nitrogens is 1. The van der Waals surface area contributed by atoms with Gasteiger partial charge in [-0.1, -0.05) is 26.7 Å². The standard InChI is InChI=1S/C14H20BrNO/c1-3-5-11(6-4-2)14(17)9-13-8-7-12(15)10-16-13/h7-8,10-11H,3-6,9H2,1-2H3. The third kappa shape index (κ3) is 4.99. The second kappa shape index (κ2) is 7.59. The molecule has 0 N–H and O–H groups in total. The SMILES string of the molecule is CCCC(CCC)C(=O)Cc1ccc(Br)cn1. The molecule has 1 heterocycles. The van der Waals surface area contributed by atoms with Crippen molar-refractivity contribution in [1.82, 2.24) is 4.98 Å². The summed E-state index contributed by atoms with van der Waals surface area (Å²) in [6, 6.07) is 3.85. The molecule has 0 fully saturated rings. The largest absolute Gasteiger partial charge is 0.299 e. The zero-order chi connectivity index (χ0) is 12.7. The first-order valence-electron chi connectivity index (χ1n) is 6.30. The van der Waals surface area contributed by atoms with Gasteiger partial charge in [0.2, 0.25) is 0 Å². The zero-order valence-electron chi connectivity index (χ0n) is 10.6. The highest BCUT2D eigenvalue weighted by molar-refractivity contribution is 9.10. The molecule has 0 aliphatic heterocycles. The third-order valence-corrected chi connectivity index (χ3v) is 3.34. The van der Waals surface area contributed by atoms with E-state index in [9.17, 15) is 4.79 Å². The highest BCUT2D eigenvalue weighted by atomic mass is 79.9. The van der Waals surface area contributed by atoms with E-state index in [2.05, 4.69) is 34.8 Å². The summed E-state index contributed by atoms with van der Waals surface area (Å²) in [4.78, 5) is 16.4. The van der Waals surface area contributed by atoms with Crippen molar-refractivity contribution in [3.63, 3.8) is 0 Å². The van der Waals surface area contributed by atoms with Crippen LogP contribution in [0.5, 0.6) is 0 Å². The molecule has 0 aliphatic rings. The lowest BCUT2D eigenvalue weighted by Gasteiger charge is -2.13. The lowest BCUT2D eigenvalue weighted by molar-refractivity contribution is -0.122. The fourth-order valence-corrected chi connectivity index (χ4v) is 2.23. The van der Waals surface area contributed by atoms with Gasteiger partial charge < -0.3 is 0 Å². The molecule has 2 nitrogen and oxygen atoms in total. The van der Waals surface area contributed by atoms with E-state index in [1.807, 2.05) is 12.1 Å². The smallest absolute Gasteiger partial charge is 0.141 e. The van der Waals surface area contributed by atoms with E-state index in [1.54, 1.807) is 6.20 Å². The summed E-state index contributed by atoms with van der Waals surface area (Å²) < 4.78 is 0.951. The van der Waals surface area contributed by atoms with Crippen LogP contribution in [-0.2, 0) is 11.2 Å². The lowest BCUT2D eigenvalue weighted by Crippen LogP contribution is -2.17. The normalized spacial score (nSPS) is 10.8. The number of rotatable bonds is 7. The number of Topliss-reactive ketones (excluding diaryl/α,β-unsaturated/α-hetero) is 1. The summed E-state index contributed by atoms with van der Waals surface area (Å²) in [7, 11) is 0. The molecule has 0 aliphatic carbocycles. The van der Waals surface area contributed by atoms with Gasteiger partial charge in [0.15, 0.2) is 0 Å². The Labute approximate surface area is 112 Å². The van der Waals surface area contributed by atoms with Gasteiger partial charge in [-0.3, -0.25) is 9.78 Å². The molecule has 0 saturated heterocycles. The monoisotopic (exact) mass is 297 g/mol. The quantitative estimate of drug-likeness (QED) is 0.756. The number of ketones is 1. The molecule has 1 aromatic rings. The highest BCUT2D eigenvalue weighted by Crippen LogP contribution is 2.17. The highest BCUT2D eigenvalue weighted by Gasteiger charge is 2.17. The van der Waals surface area contributed by atoms with Crippen molar-refractivity contribution in [3.8, 4) is 0 Å². The molecule has 0 atom stereocenters. The second-order valence-corrected chi connectivity index (χ2v) is 5.30. The van der Waals surface area contributed by atoms with E-state index in [0.717, 1.165) is 35.8 Å². The van der Waals surface area contributed by atoms with Crippen LogP contribution in [0.2, 0.25) is 0 Å². The molecular weight excluding hydrogens is 278 g/mol. The molecule has 0 bridgehead atoms. The van der Waals surface area contributed by atoms with E-state index >= 15 is 0 Å². The first kappa shape index (κ1) is 14.4. The summed E-state index contributed by atoms with van der Waals surface area (Å²) >= 11 is 3.34. The van der Waals surface area contributed by atoms with Crippen molar-refractivity contribution in [3.05, 3.63) is 28.5 Å². The Hall–Kier alpha value is -0.700. The van der Waals surface area contributed by atoms with Crippen LogP contribution in [0.4, 0.5) is 0 Å². The van der Waals surface area contributed by atoms with E-state index < -0.39 is 0 Å². The van der Waals surface area contributed by atoms with E-state index in [1.165, 1.54) is 0 Å². The van der Waals surface area contributed by atoms with Crippen molar-refractivity contribution < 1.29 is 4.79 Å². The van der Waals surface area contributed by atoms with Crippen LogP contribution in [0.15, 0.2) is 22.8 Å². The lowest BCUT2D eigenvalue weighted by atomic mass is 9.91. The summed E-state index contributed by atoms with van der Waals surface area (Å²) in [5.74, 6) is 0.555. The minimum Gasteiger partial charge on any atom is -0.299 e. The van der Waals surface area contributed by atoms with Gasteiger partial charge in [-0.15, -0.1) is 0 Å². The average molecular weight is 298 g/mol. The third-order valence-electron chi connectivity index (χ3n) is 2.87. The van der Waals surface area contributed by atoms with Crippen LogP contribution in [0, 0.1) is 5.92 Å². The fourth-order valence-electron chi connectivity index (χ4n) is 2.00. The number of halogens is 1. The van der Waals surface area contributed by atoms with Crippen LogP contribution in [0.25, 0.3) is 0 Å². The van der Waals surface area contributed by atoms with Crippen LogP contribution in [0.1, 0.15) is 45.2 Å². The maximum Gasteiger partial charge on any atom is 0.141 e. The van der Waals surface area contributed by atoms with Gasteiger partial charge in [0.05, 0.1) is 0 Å². The molecule has 0 saturated carbocycles. The first-order valence-corrected chi connectivity index (χ1v) is 7.09. The Bertz CT molecular complexity index is 342. The van der Waals surface area contributed by atoms with Crippen molar-refractivity contribution in [2.75, 3.05) is 0 Å². The predicted molar refractivity (Wildman–Crippen MR) is 74.0 cm³/mol. The number of carbonyl (C=O) groups excluding carboxylic acids is 1. The fraction of sp³-hybridized carbons (Fsp3) is 0.571. The Kier molecular flexibility index (Phi) is 6.41. The maximum atomic E-state index is 12.1. The summed E-state index contributed by atoms with van der Waals surface area (Å²) in [5, 5.41) is 0. The Morgan fingerprint density at radius 2 is 1.94 bits per heavy atom. The number of hydrogen-bond acceptors (Lipinski definition) is 2. The predicted octanol–water partition coefficient (Wildman–Crippen LogP) is 4.17. The van der Waals surface area contributed by atoms with Crippen molar-refractivity contribution >= 4 is 21.7 Å². The second-order valence-electron chi connectivity index (χ2n) is 4.39. The van der Waals surface area contributed by atoms with Crippen molar-refractivity contribution in [2.45, 2.75) is 46.0 Å². The molecule has 0 spiro atoms. The van der Waals surface area contributed by atoms with Crippen LogP contribution >= 0.6 is 15.9 Å².